The molecule has 0 aliphatic carbocycles. The van der Waals surface area contributed by atoms with Gasteiger partial charge in [-0.3, -0.25) is 0 Å². The third-order valence-corrected chi connectivity index (χ3v) is 6.36. The lowest BCUT2D eigenvalue weighted by molar-refractivity contribution is 0.346. The van der Waals surface area contributed by atoms with Gasteiger partial charge in [0.25, 0.3) is 0 Å². The van der Waals surface area contributed by atoms with Crippen LogP contribution in [0.1, 0.15) is 30.4 Å². The van der Waals surface area contributed by atoms with E-state index in [0.29, 0.717) is 31.1 Å². The van der Waals surface area contributed by atoms with Gasteiger partial charge in [-0.25, -0.2) is 12.8 Å². The number of hydrogen-bond donors (Lipinski definition) is 1. The van der Waals surface area contributed by atoms with Gasteiger partial charge in [-0.05, 0) is 48.2 Å². The zero-order chi connectivity index (χ0) is 17.7. The summed E-state index contributed by atoms with van der Waals surface area (Å²) in [5, 5.41) is 3.28. The summed E-state index contributed by atoms with van der Waals surface area (Å²) in [6, 6.07) is 13.4. The van der Waals surface area contributed by atoms with E-state index in [0.717, 1.165) is 30.4 Å². The second kappa shape index (κ2) is 8.08. The predicted molar refractivity (Wildman–Crippen MR) is 96.0 cm³/mol. The summed E-state index contributed by atoms with van der Waals surface area (Å²) < 4.78 is 39.7. The number of benzene rings is 2. The normalized spacial score (nSPS) is 16.0. The molecule has 0 unspecified atom stereocenters. The Balaban J connectivity index is 1.57. The first-order valence-electron chi connectivity index (χ1n) is 8.60. The van der Waals surface area contributed by atoms with Crippen LogP contribution >= 0.6 is 0 Å². The van der Waals surface area contributed by atoms with Crippen molar-refractivity contribution in [1.82, 2.24) is 9.62 Å². The summed E-state index contributed by atoms with van der Waals surface area (Å²) in [7, 11) is -3.37. The minimum absolute atomic E-state index is 0.241. The van der Waals surface area contributed by atoms with Gasteiger partial charge >= 0.3 is 0 Å². The van der Waals surface area contributed by atoms with Crippen LogP contribution in [0, 0.1) is 5.82 Å². The van der Waals surface area contributed by atoms with Crippen LogP contribution < -0.4 is 5.32 Å². The van der Waals surface area contributed by atoms with Gasteiger partial charge < -0.3 is 5.32 Å². The predicted octanol–water partition coefficient (Wildman–Crippen LogP) is 3.29. The van der Waals surface area contributed by atoms with Crippen molar-refractivity contribution in [1.29, 1.82) is 0 Å². The Morgan fingerprint density at radius 3 is 1.92 bits per heavy atom. The molecule has 4 nitrogen and oxygen atoms in total. The number of sulfonamides is 1. The van der Waals surface area contributed by atoms with Crippen LogP contribution in [0.3, 0.4) is 0 Å². The van der Waals surface area contributed by atoms with E-state index in [4.69, 9.17) is 0 Å². The summed E-state index contributed by atoms with van der Waals surface area (Å²) in [5.74, 6) is -0.241. The first kappa shape index (κ1) is 18.0. The summed E-state index contributed by atoms with van der Waals surface area (Å²) >= 11 is 0. The van der Waals surface area contributed by atoms with Crippen LogP contribution in [-0.4, -0.2) is 25.8 Å². The molecule has 6 heteroatoms. The first-order valence-corrected chi connectivity index (χ1v) is 10.0. The van der Waals surface area contributed by atoms with Crippen molar-refractivity contribution in [3.63, 3.8) is 0 Å². The smallest absolute Gasteiger partial charge is 0.243 e. The average molecular weight is 362 g/mol. The molecule has 0 atom stereocenters. The van der Waals surface area contributed by atoms with Crippen molar-refractivity contribution >= 4 is 10.0 Å². The van der Waals surface area contributed by atoms with E-state index < -0.39 is 10.0 Å². The Bertz CT molecular complexity index is 783. The fraction of sp³-hybridized carbons (Fsp3) is 0.368. The van der Waals surface area contributed by atoms with Crippen LogP contribution in [0.15, 0.2) is 53.4 Å². The molecule has 1 aliphatic heterocycles. The minimum Gasteiger partial charge on any atom is -0.309 e. The summed E-state index contributed by atoms with van der Waals surface area (Å²) in [4.78, 5) is 0.358. The van der Waals surface area contributed by atoms with Gasteiger partial charge in [0.2, 0.25) is 10.0 Å². The highest BCUT2D eigenvalue weighted by Crippen LogP contribution is 2.20. The van der Waals surface area contributed by atoms with Gasteiger partial charge in [0.1, 0.15) is 5.82 Å². The molecule has 0 aromatic heterocycles. The standard InChI is InChI=1S/C19H23FN2O2S/c20-18-8-4-16(5-9-18)14-21-15-17-6-10-19(11-7-17)25(23,24)22-12-2-1-3-13-22/h4-11,21H,1-3,12-15H2. The maximum Gasteiger partial charge on any atom is 0.243 e. The zero-order valence-electron chi connectivity index (χ0n) is 14.1. The number of nitrogens with one attached hydrogen (secondary N) is 1. The highest BCUT2D eigenvalue weighted by Gasteiger charge is 2.25. The minimum atomic E-state index is -3.37. The third kappa shape index (κ3) is 4.66. The number of nitrogens with zero attached hydrogens (tertiary/aromatic N) is 1. The monoisotopic (exact) mass is 362 g/mol. The molecule has 1 fully saturated rings. The lowest BCUT2D eigenvalue weighted by atomic mass is 10.2. The topological polar surface area (TPSA) is 49.4 Å². The molecule has 1 saturated heterocycles. The lowest BCUT2D eigenvalue weighted by Gasteiger charge is -2.25. The SMILES string of the molecule is O=S(=O)(c1ccc(CNCc2ccc(F)cc2)cc1)N1CCCCC1. The van der Waals surface area contributed by atoms with E-state index in [2.05, 4.69) is 5.32 Å². The van der Waals surface area contributed by atoms with E-state index in [1.165, 1.54) is 12.1 Å². The van der Waals surface area contributed by atoms with Crippen molar-refractivity contribution in [2.45, 2.75) is 37.2 Å². The van der Waals surface area contributed by atoms with Crippen LogP contribution in [0.5, 0.6) is 0 Å². The van der Waals surface area contributed by atoms with Crippen molar-refractivity contribution in [2.24, 2.45) is 0 Å². The Labute approximate surface area is 148 Å². The van der Waals surface area contributed by atoms with Crippen LogP contribution in [0.2, 0.25) is 0 Å². The molecule has 0 saturated carbocycles. The van der Waals surface area contributed by atoms with E-state index in [9.17, 15) is 12.8 Å². The van der Waals surface area contributed by atoms with Gasteiger partial charge in [-0.1, -0.05) is 30.7 Å². The van der Waals surface area contributed by atoms with Crippen LogP contribution in [0.4, 0.5) is 4.39 Å². The van der Waals surface area contributed by atoms with Gasteiger partial charge in [0.05, 0.1) is 4.90 Å². The fourth-order valence-corrected chi connectivity index (χ4v) is 4.50. The molecule has 0 bridgehead atoms. The van der Waals surface area contributed by atoms with Gasteiger partial charge in [-0.2, -0.15) is 4.31 Å². The van der Waals surface area contributed by atoms with Crippen molar-refractivity contribution < 1.29 is 12.8 Å². The Hall–Kier alpha value is -1.76. The highest BCUT2D eigenvalue weighted by atomic mass is 32.2. The average Bonchev–Trinajstić information content (AvgIpc) is 2.64. The Kier molecular flexibility index (Phi) is 5.83. The molecular weight excluding hydrogens is 339 g/mol. The molecule has 2 aromatic carbocycles. The summed E-state index contributed by atoms with van der Waals surface area (Å²) in [6.07, 6.45) is 2.97. The Morgan fingerprint density at radius 1 is 0.840 bits per heavy atom. The van der Waals surface area contributed by atoms with Gasteiger partial charge in [-0.15, -0.1) is 0 Å². The van der Waals surface area contributed by atoms with Gasteiger partial charge in [0.15, 0.2) is 0 Å². The molecule has 0 amide bonds. The number of rotatable bonds is 6. The highest BCUT2D eigenvalue weighted by molar-refractivity contribution is 7.89. The van der Waals surface area contributed by atoms with E-state index in [1.807, 2.05) is 12.1 Å². The number of halogens is 1. The molecule has 0 radical (unpaired) electrons. The lowest BCUT2D eigenvalue weighted by Crippen LogP contribution is -2.35. The molecular formula is C19H23FN2O2S. The second-order valence-corrected chi connectivity index (χ2v) is 8.28. The molecule has 1 heterocycles. The van der Waals surface area contributed by atoms with Gasteiger partial charge in [0, 0.05) is 26.2 Å². The van der Waals surface area contributed by atoms with Crippen LogP contribution in [0.25, 0.3) is 0 Å². The molecule has 1 aliphatic rings. The molecule has 134 valence electrons. The maximum absolute atomic E-state index is 12.9. The molecule has 25 heavy (non-hydrogen) atoms. The second-order valence-electron chi connectivity index (χ2n) is 6.34. The Morgan fingerprint density at radius 2 is 1.36 bits per heavy atom. The molecule has 3 rings (SSSR count). The van der Waals surface area contributed by atoms with E-state index in [-0.39, 0.29) is 5.82 Å². The van der Waals surface area contributed by atoms with E-state index in [1.54, 1.807) is 28.6 Å². The molecule has 0 spiro atoms. The van der Waals surface area contributed by atoms with Crippen LogP contribution in [-0.2, 0) is 23.1 Å². The van der Waals surface area contributed by atoms with E-state index >= 15 is 0 Å². The maximum atomic E-state index is 12.9. The quantitative estimate of drug-likeness (QED) is 0.858. The largest absolute Gasteiger partial charge is 0.309 e. The summed E-state index contributed by atoms with van der Waals surface area (Å²) in [5.41, 5.74) is 2.02. The molecule has 1 N–H and O–H groups in total. The first-order chi connectivity index (χ1) is 12.1. The summed E-state index contributed by atoms with van der Waals surface area (Å²) in [6.45, 7) is 2.49. The zero-order valence-corrected chi connectivity index (χ0v) is 14.9. The number of hydrogen-bond acceptors (Lipinski definition) is 3. The fourth-order valence-electron chi connectivity index (χ4n) is 2.99. The van der Waals surface area contributed by atoms with Crippen molar-refractivity contribution in [2.75, 3.05) is 13.1 Å². The number of piperidine rings is 1. The third-order valence-electron chi connectivity index (χ3n) is 4.45. The van der Waals surface area contributed by atoms with Crippen molar-refractivity contribution in [3.8, 4) is 0 Å². The molecule has 2 aromatic rings. The van der Waals surface area contributed by atoms with Crippen molar-refractivity contribution in [3.05, 3.63) is 65.5 Å².